The highest BCUT2D eigenvalue weighted by atomic mass is 16.6. The molecule has 22 heavy (non-hydrogen) atoms. The Morgan fingerprint density at radius 3 is 2.95 bits per heavy atom. The second-order valence-electron chi connectivity index (χ2n) is 6.50. The predicted octanol–water partition coefficient (Wildman–Crippen LogP) is 2.19. The van der Waals surface area contributed by atoms with Crippen LogP contribution in [0, 0.1) is 0 Å². The molecule has 1 fully saturated rings. The van der Waals surface area contributed by atoms with Gasteiger partial charge in [-0.3, -0.25) is 0 Å². The highest BCUT2D eigenvalue weighted by molar-refractivity contribution is 5.68. The lowest BCUT2D eigenvalue weighted by Crippen LogP contribution is -2.38. The summed E-state index contributed by atoms with van der Waals surface area (Å²) < 4.78 is 10.5. The van der Waals surface area contributed by atoms with Crippen molar-refractivity contribution in [3.8, 4) is 5.88 Å². The van der Waals surface area contributed by atoms with Crippen molar-refractivity contribution in [1.82, 2.24) is 15.2 Å². The molecular formula is C16H25N3O3. The van der Waals surface area contributed by atoms with Gasteiger partial charge in [-0.25, -0.2) is 9.78 Å². The van der Waals surface area contributed by atoms with Crippen molar-refractivity contribution >= 4 is 6.09 Å². The molecule has 1 aliphatic heterocycles. The quantitative estimate of drug-likeness (QED) is 0.924. The minimum absolute atomic E-state index is 0.234. The monoisotopic (exact) mass is 307 g/mol. The Morgan fingerprint density at radius 2 is 2.27 bits per heavy atom. The number of aromatic nitrogens is 1. The van der Waals surface area contributed by atoms with E-state index in [0.717, 1.165) is 25.1 Å². The lowest BCUT2D eigenvalue weighted by molar-refractivity contribution is 0.0291. The number of carbonyl (C=O) groups is 1. The lowest BCUT2D eigenvalue weighted by atomic mass is 10.2. The Balaban J connectivity index is 1.80. The molecule has 6 heteroatoms. The van der Waals surface area contributed by atoms with Crippen molar-refractivity contribution < 1.29 is 14.3 Å². The van der Waals surface area contributed by atoms with Crippen molar-refractivity contribution in [2.45, 2.75) is 45.4 Å². The van der Waals surface area contributed by atoms with Crippen LogP contribution in [0.4, 0.5) is 4.79 Å². The molecule has 1 amide bonds. The molecule has 2 rings (SSSR count). The van der Waals surface area contributed by atoms with Crippen LogP contribution in [0.2, 0.25) is 0 Å². The van der Waals surface area contributed by atoms with Gasteiger partial charge in [-0.2, -0.15) is 0 Å². The van der Waals surface area contributed by atoms with Gasteiger partial charge in [0.1, 0.15) is 5.60 Å². The first-order chi connectivity index (χ1) is 10.4. The summed E-state index contributed by atoms with van der Waals surface area (Å²) in [6.45, 7) is 7.78. The smallest absolute Gasteiger partial charge is 0.410 e. The molecular weight excluding hydrogens is 282 g/mol. The fourth-order valence-electron chi connectivity index (χ4n) is 2.35. The van der Waals surface area contributed by atoms with Crippen LogP contribution in [0.5, 0.6) is 5.88 Å². The van der Waals surface area contributed by atoms with Crippen molar-refractivity contribution in [2.24, 2.45) is 0 Å². The first kappa shape index (κ1) is 16.5. The van der Waals surface area contributed by atoms with E-state index in [-0.39, 0.29) is 12.1 Å². The number of nitrogens with one attached hydrogen (secondary N) is 1. The Labute approximate surface area is 131 Å². The van der Waals surface area contributed by atoms with Gasteiger partial charge >= 0.3 is 6.09 Å². The van der Waals surface area contributed by atoms with Crippen LogP contribution in [-0.2, 0) is 11.3 Å². The average molecular weight is 307 g/mol. The molecule has 2 heterocycles. The number of likely N-dealkylation sites (tertiary alicyclic amines) is 1. The normalized spacial score (nSPS) is 18.4. The zero-order valence-electron chi connectivity index (χ0n) is 13.8. The number of pyridine rings is 1. The highest BCUT2D eigenvalue weighted by Crippen LogP contribution is 2.16. The van der Waals surface area contributed by atoms with Crippen LogP contribution in [0.15, 0.2) is 18.3 Å². The zero-order chi connectivity index (χ0) is 16.2. The topological polar surface area (TPSA) is 63.7 Å². The number of hydrogen-bond donors (Lipinski definition) is 1. The standard InChI is InChI=1S/C16H25N3O3/c1-16(2,3)22-15(20)19-8-6-13(11-19)18-10-12-5-7-17-14(9-12)21-4/h5,7,9,13,18H,6,8,10-11H2,1-4H3. The van der Waals surface area contributed by atoms with Gasteiger partial charge in [-0.15, -0.1) is 0 Å². The van der Waals surface area contributed by atoms with Crippen LogP contribution >= 0.6 is 0 Å². The van der Waals surface area contributed by atoms with Gasteiger partial charge in [0.25, 0.3) is 0 Å². The fraction of sp³-hybridized carbons (Fsp3) is 0.625. The van der Waals surface area contributed by atoms with Crippen LogP contribution in [0.1, 0.15) is 32.8 Å². The number of methoxy groups -OCH3 is 1. The molecule has 1 N–H and O–H groups in total. The number of rotatable bonds is 4. The molecule has 1 aromatic rings. The van der Waals surface area contributed by atoms with Crippen LogP contribution < -0.4 is 10.1 Å². The number of carbonyl (C=O) groups excluding carboxylic acids is 1. The molecule has 0 aromatic carbocycles. The molecule has 6 nitrogen and oxygen atoms in total. The molecule has 122 valence electrons. The summed E-state index contributed by atoms with van der Waals surface area (Å²) in [7, 11) is 1.61. The van der Waals surface area contributed by atoms with Gasteiger partial charge in [0, 0.05) is 37.9 Å². The summed E-state index contributed by atoms with van der Waals surface area (Å²) >= 11 is 0. The molecule has 0 bridgehead atoms. The maximum Gasteiger partial charge on any atom is 0.410 e. The number of nitrogens with zero attached hydrogens (tertiary/aromatic N) is 2. The van der Waals surface area contributed by atoms with Crippen LogP contribution in [0.25, 0.3) is 0 Å². The van der Waals surface area contributed by atoms with Gasteiger partial charge in [0.15, 0.2) is 0 Å². The van der Waals surface area contributed by atoms with Gasteiger partial charge in [0.05, 0.1) is 7.11 Å². The minimum atomic E-state index is -0.448. The van der Waals surface area contributed by atoms with E-state index < -0.39 is 5.60 Å². The van der Waals surface area contributed by atoms with Crippen molar-refractivity contribution in [3.63, 3.8) is 0 Å². The molecule has 0 saturated carbocycles. The van der Waals surface area contributed by atoms with Gasteiger partial charge in [0.2, 0.25) is 5.88 Å². The molecule has 0 radical (unpaired) electrons. The maximum atomic E-state index is 12.0. The number of hydrogen-bond acceptors (Lipinski definition) is 5. The van der Waals surface area contributed by atoms with Gasteiger partial charge < -0.3 is 19.7 Å². The Morgan fingerprint density at radius 1 is 1.50 bits per heavy atom. The van der Waals surface area contributed by atoms with Gasteiger partial charge in [-0.05, 0) is 38.8 Å². The summed E-state index contributed by atoms with van der Waals surface area (Å²) in [5.41, 5.74) is 0.665. The molecule has 1 atom stereocenters. The van der Waals surface area contributed by atoms with Crippen LogP contribution in [0.3, 0.4) is 0 Å². The first-order valence-corrected chi connectivity index (χ1v) is 7.57. The third-order valence-electron chi connectivity index (χ3n) is 3.44. The largest absolute Gasteiger partial charge is 0.481 e. The first-order valence-electron chi connectivity index (χ1n) is 7.57. The second kappa shape index (κ2) is 6.96. The highest BCUT2D eigenvalue weighted by Gasteiger charge is 2.29. The molecule has 1 aliphatic rings. The fourth-order valence-corrected chi connectivity index (χ4v) is 2.35. The molecule has 0 aliphatic carbocycles. The zero-order valence-corrected chi connectivity index (χ0v) is 13.8. The summed E-state index contributed by atoms with van der Waals surface area (Å²) in [5.74, 6) is 0.612. The number of ether oxygens (including phenoxy) is 2. The van der Waals surface area contributed by atoms with E-state index in [4.69, 9.17) is 9.47 Å². The Bertz CT molecular complexity index is 514. The van der Waals surface area contributed by atoms with Crippen molar-refractivity contribution in [1.29, 1.82) is 0 Å². The van der Waals surface area contributed by atoms with Crippen LogP contribution in [-0.4, -0.2) is 47.8 Å². The van der Waals surface area contributed by atoms with Gasteiger partial charge in [-0.1, -0.05) is 0 Å². The average Bonchev–Trinajstić information content (AvgIpc) is 2.92. The summed E-state index contributed by atoms with van der Waals surface area (Å²) in [4.78, 5) is 17.9. The Hall–Kier alpha value is -1.82. The van der Waals surface area contributed by atoms with E-state index >= 15 is 0 Å². The SMILES string of the molecule is COc1cc(CNC2CCN(C(=O)OC(C)(C)C)C2)ccn1. The maximum absolute atomic E-state index is 12.0. The third kappa shape index (κ3) is 4.87. The predicted molar refractivity (Wildman–Crippen MR) is 83.8 cm³/mol. The van der Waals surface area contributed by atoms with E-state index in [0.29, 0.717) is 12.4 Å². The summed E-state index contributed by atoms with van der Waals surface area (Å²) in [6.07, 6.45) is 2.43. The second-order valence-corrected chi connectivity index (χ2v) is 6.50. The molecule has 1 aromatic heterocycles. The summed E-state index contributed by atoms with van der Waals surface area (Å²) in [5, 5.41) is 3.46. The van der Waals surface area contributed by atoms with E-state index in [1.807, 2.05) is 32.9 Å². The molecule has 0 spiro atoms. The van der Waals surface area contributed by atoms with E-state index in [9.17, 15) is 4.79 Å². The molecule has 1 saturated heterocycles. The van der Waals surface area contributed by atoms with E-state index in [1.54, 1.807) is 18.2 Å². The van der Waals surface area contributed by atoms with Crippen molar-refractivity contribution in [3.05, 3.63) is 23.9 Å². The third-order valence-corrected chi connectivity index (χ3v) is 3.44. The molecule has 1 unspecified atom stereocenters. The van der Waals surface area contributed by atoms with E-state index in [2.05, 4.69) is 10.3 Å². The Kier molecular flexibility index (Phi) is 5.24. The van der Waals surface area contributed by atoms with Crippen molar-refractivity contribution in [2.75, 3.05) is 20.2 Å². The van der Waals surface area contributed by atoms with E-state index in [1.165, 1.54) is 0 Å². The number of amides is 1. The summed E-state index contributed by atoms with van der Waals surface area (Å²) in [6, 6.07) is 4.15. The minimum Gasteiger partial charge on any atom is -0.481 e. The lowest BCUT2D eigenvalue weighted by Gasteiger charge is -2.24.